The molecule has 0 saturated heterocycles. The zero-order valence-corrected chi connectivity index (χ0v) is 5.09. The van der Waals surface area contributed by atoms with E-state index in [2.05, 4.69) is 10.6 Å². The second kappa shape index (κ2) is 4.53. The van der Waals surface area contributed by atoms with Gasteiger partial charge in [0.2, 0.25) is 0 Å². The molecular formula is C3H8N4O3. The lowest BCUT2D eigenvalue weighted by Gasteiger charge is -2.02. The van der Waals surface area contributed by atoms with Crippen LogP contribution in [-0.2, 0) is 9.63 Å². The Morgan fingerprint density at radius 2 is 2.10 bits per heavy atom. The van der Waals surface area contributed by atoms with Crippen LogP contribution in [0.2, 0.25) is 0 Å². The molecule has 0 unspecified atom stereocenters. The van der Waals surface area contributed by atoms with Gasteiger partial charge < -0.3 is 16.3 Å². The average molecular weight is 148 g/mol. The first-order chi connectivity index (χ1) is 4.66. The van der Waals surface area contributed by atoms with Gasteiger partial charge in [0.1, 0.15) is 0 Å². The van der Waals surface area contributed by atoms with Crippen molar-refractivity contribution in [1.82, 2.24) is 11.0 Å². The molecule has 2 amide bonds. The number of carbonyl (C=O) groups excluding carboxylic acids is 2. The Morgan fingerprint density at radius 1 is 1.50 bits per heavy atom. The molecular weight excluding hydrogens is 140 g/mol. The maximum atomic E-state index is 10.2. The van der Waals surface area contributed by atoms with Crippen molar-refractivity contribution in [2.24, 2.45) is 11.5 Å². The Morgan fingerprint density at radius 3 is 2.50 bits per heavy atom. The largest absolute Gasteiger partial charge is 0.350 e. The highest BCUT2D eigenvalue weighted by Crippen LogP contribution is 1.63. The highest BCUT2D eigenvalue weighted by molar-refractivity contribution is 5.72. The van der Waals surface area contributed by atoms with Gasteiger partial charge in [0.05, 0.1) is 6.54 Å². The number of hydrogen-bond acceptors (Lipinski definition) is 5. The molecule has 0 bridgehead atoms. The second-order valence-corrected chi connectivity index (χ2v) is 1.27. The number of rotatable bonds is 3. The van der Waals surface area contributed by atoms with E-state index in [9.17, 15) is 9.59 Å². The smallest absolute Gasteiger partial charge is 0.340 e. The van der Waals surface area contributed by atoms with Crippen molar-refractivity contribution in [3.8, 4) is 0 Å². The predicted octanol–water partition coefficient (Wildman–Crippen LogP) is -2.42. The fraction of sp³-hybridized carbons (Fsp3) is 0.333. The summed E-state index contributed by atoms with van der Waals surface area (Å²) in [6.45, 7) is -0.270. The monoisotopic (exact) mass is 148 g/mol. The summed E-state index contributed by atoms with van der Waals surface area (Å²) in [5.41, 5.74) is 13.0. The van der Waals surface area contributed by atoms with Gasteiger partial charge in [-0.25, -0.2) is 15.0 Å². The number of carbonyl (C=O) groups is 2. The molecule has 0 aromatic heterocycles. The van der Waals surface area contributed by atoms with Gasteiger partial charge in [-0.15, -0.1) is 0 Å². The third-order valence-corrected chi connectivity index (χ3v) is 0.506. The van der Waals surface area contributed by atoms with Crippen LogP contribution in [0.1, 0.15) is 0 Å². The molecule has 0 radical (unpaired) electrons. The van der Waals surface area contributed by atoms with Crippen molar-refractivity contribution >= 4 is 12.0 Å². The first kappa shape index (κ1) is 8.66. The van der Waals surface area contributed by atoms with Crippen molar-refractivity contribution in [2.75, 3.05) is 6.54 Å². The molecule has 0 aliphatic rings. The number of nitrogens with one attached hydrogen (secondary N) is 2. The molecule has 0 saturated carbocycles. The summed E-state index contributed by atoms with van der Waals surface area (Å²) in [4.78, 5) is 24.2. The summed E-state index contributed by atoms with van der Waals surface area (Å²) in [6.07, 6.45) is 0. The van der Waals surface area contributed by atoms with Crippen LogP contribution in [0.4, 0.5) is 4.79 Å². The number of hydrogen-bond donors (Lipinski definition) is 4. The van der Waals surface area contributed by atoms with E-state index in [-0.39, 0.29) is 6.54 Å². The Balaban J connectivity index is 3.20. The molecule has 0 aromatic carbocycles. The Hall–Kier alpha value is -1.34. The van der Waals surface area contributed by atoms with Crippen molar-refractivity contribution < 1.29 is 14.4 Å². The minimum atomic E-state index is -0.857. The lowest BCUT2D eigenvalue weighted by molar-refractivity contribution is -0.150. The van der Waals surface area contributed by atoms with Crippen LogP contribution < -0.4 is 22.5 Å². The molecule has 10 heavy (non-hydrogen) atoms. The van der Waals surface area contributed by atoms with Gasteiger partial charge in [-0.05, 0) is 0 Å². The van der Waals surface area contributed by atoms with E-state index >= 15 is 0 Å². The van der Waals surface area contributed by atoms with Crippen LogP contribution in [0.3, 0.4) is 0 Å². The molecule has 0 aliphatic carbocycles. The summed E-state index contributed by atoms with van der Waals surface area (Å²) in [5, 5.41) is 0. The fourth-order valence-electron chi connectivity index (χ4n) is 0.174. The molecule has 0 heterocycles. The predicted molar refractivity (Wildman–Crippen MR) is 31.0 cm³/mol. The summed E-state index contributed by atoms with van der Waals surface area (Å²) in [5.74, 6) is -0.700. The van der Waals surface area contributed by atoms with E-state index < -0.39 is 12.0 Å². The van der Waals surface area contributed by atoms with Crippen LogP contribution in [0, 0.1) is 0 Å². The van der Waals surface area contributed by atoms with E-state index in [0.717, 1.165) is 0 Å². The molecule has 0 atom stereocenters. The molecule has 58 valence electrons. The van der Waals surface area contributed by atoms with Gasteiger partial charge in [-0.2, -0.15) is 0 Å². The first-order valence-corrected chi connectivity index (χ1v) is 2.37. The zero-order chi connectivity index (χ0) is 7.98. The average Bonchev–Trinajstić information content (AvgIpc) is 1.87. The maximum absolute atomic E-state index is 10.2. The zero-order valence-electron chi connectivity index (χ0n) is 5.09. The molecule has 7 heteroatoms. The fourth-order valence-corrected chi connectivity index (χ4v) is 0.174. The van der Waals surface area contributed by atoms with Gasteiger partial charge >= 0.3 is 12.0 Å². The minimum absolute atomic E-state index is 0.270. The molecule has 0 rings (SSSR count). The van der Waals surface area contributed by atoms with Gasteiger partial charge in [-0.3, -0.25) is 0 Å². The van der Waals surface area contributed by atoms with Crippen molar-refractivity contribution in [2.45, 2.75) is 0 Å². The van der Waals surface area contributed by atoms with E-state index in [1.807, 2.05) is 0 Å². The highest BCUT2D eigenvalue weighted by Gasteiger charge is 1.96. The van der Waals surface area contributed by atoms with Crippen LogP contribution in [0.5, 0.6) is 0 Å². The van der Waals surface area contributed by atoms with E-state index in [0.29, 0.717) is 0 Å². The Labute approximate surface area is 56.6 Å². The van der Waals surface area contributed by atoms with Crippen LogP contribution in [0.15, 0.2) is 0 Å². The summed E-state index contributed by atoms with van der Waals surface area (Å²) in [6, 6.07) is -0.857. The summed E-state index contributed by atoms with van der Waals surface area (Å²) >= 11 is 0. The van der Waals surface area contributed by atoms with Gasteiger partial charge in [0, 0.05) is 0 Å². The molecule has 0 aliphatic heterocycles. The number of primary amides is 1. The maximum Gasteiger partial charge on any atom is 0.340 e. The lowest BCUT2D eigenvalue weighted by Crippen LogP contribution is -2.43. The molecule has 0 aromatic rings. The number of nitrogens with two attached hydrogens (primary N) is 2. The highest BCUT2D eigenvalue weighted by atomic mass is 16.7. The normalized spacial score (nSPS) is 8.50. The second-order valence-electron chi connectivity index (χ2n) is 1.27. The van der Waals surface area contributed by atoms with E-state index in [1.165, 1.54) is 0 Å². The quantitative estimate of drug-likeness (QED) is 0.332. The standard InChI is InChI=1S/C3H8N4O3/c4-1-2(8)10-7-6-3(5)9/h7H,1,4H2,(H3,5,6,9). The number of urea groups is 1. The topological polar surface area (TPSA) is 119 Å². The molecule has 6 N–H and O–H groups in total. The molecule has 7 nitrogen and oxygen atoms in total. The Bertz CT molecular complexity index is 136. The Kier molecular flexibility index (Phi) is 3.92. The number of hydrazine groups is 1. The third kappa shape index (κ3) is 4.81. The SMILES string of the molecule is NCC(=O)ONNC(N)=O. The molecule has 0 fully saturated rings. The third-order valence-electron chi connectivity index (χ3n) is 0.506. The first-order valence-electron chi connectivity index (χ1n) is 2.37. The van der Waals surface area contributed by atoms with Crippen molar-refractivity contribution in [1.29, 1.82) is 0 Å². The van der Waals surface area contributed by atoms with Crippen molar-refractivity contribution in [3.63, 3.8) is 0 Å². The van der Waals surface area contributed by atoms with Gasteiger partial charge in [0.15, 0.2) is 0 Å². The minimum Gasteiger partial charge on any atom is -0.350 e. The van der Waals surface area contributed by atoms with Crippen molar-refractivity contribution in [3.05, 3.63) is 0 Å². The summed E-state index contributed by atoms with van der Waals surface area (Å²) in [7, 11) is 0. The number of amides is 2. The lowest BCUT2D eigenvalue weighted by atomic mass is 10.7. The van der Waals surface area contributed by atoms with Crippen LogP contribution >= 0.6 is 0 Å². The van der Waals surface area contributed by atoms with Crippen LogP contribution in [0.25, 0.3) is 0 Å². The van der Waals surface area contributed by atoms with Gasteiger partial charge in [-0.1, -0.05) is 5.59 Å². The van der Waals surface area contributed by atoms with Gasteiger partial charge in [0.25, 0.3) is 0 Å². The van der Waals surface area contributed by atoms with Crippen LogP contribution in [-0.4, -0.2) is 18.5 Å². The van der Waals surface area contributed by atoms with E-state index in [4.69, 9.17) is 5.73 Å². The summed E-state index contributed by atoms with van der Waals surface area (Å²) < 4.78 is 0. The van der Waals surface area contributed by atoms with E-state index in [1.54, 1.807) is 11.0 Å². The molecule has 0 spiro atoms.